The van der Waals surface area contributed by atoms with E-state index in [0.29, 0.717) is 35.2 Å². The minimum atomic E-state index is -1.10. The van der Waals surface area contributed by atoms with Gasteiger partial charge in [-0.1, -0.05) is 41.4 Å². The van der Waals surface area contributed by atoms with Gasteiger partial charge in [-0.3, -0.25) is 19.4 Å². The normalized spacial score (nSPS) is 34.6. The van der Waals surface area contributed by atoms with E-state index in [-0.39, 0.29) is 34.8 Å². The molecule has 2 aromatic carbocycles. The van der Waals surface area contributed by atoms with Crippen molar-refractivity contribution < 1.29 is 19.1 Å². The molecule has 194 valence electrons. The number of rotatable bonds is 6. The fourth-order valence-corrected chi connectivity index (χ4v) is 7.86. The van der Waals surface area contributed by atoms with Gasteiger partial charge in [0.25, 0.3) is 0 Å². The number of carbonyl (C=O) groups excluding carboxylic acids is 1. The molecule has 1 amide bonds. The zero-order valence-corrected chi connectivity index (χ0v) is 21.7. The van der Waals surface area contributed by atoms with E-state index < -0.39 is 23.2 Å². The third kappa shape index (κ3) is 3.50. The highest BCUT2D eigenvalue weighted by Gasteiger charge is 2.69. The number of carboxylic acids is 1. The van der Waals surface area contributed by atoms with Gasteiger partial charge in [-0.15, -0.1) is 0 Å². The summed E-state index contributed by atoms with van der Waals surface area (Å²) >= 11 is 12.6. The largest absolute Gasteiger partial charge is 0.481 e. The molecule has 7 rings (SSSR count). The van der Waals surface area contributed by atoms with Crippen molar-refractivity contribution in [2.45, 2.75) is 49.2 Å². The molecule has 6 atom stereocenters. The van der Waals surface area contributed by atoms with E-state index in [4.69, 9.17) is 23.2 Å². The van der Waals surface area contributed by atoms with Crippen LogP contribution >= 0.6 is 23.2 Å². The van der Waals surface area contributed by atoms with Gasteiger partial charge in [0, 0.05) is 53.9 Å². The van der Waals surface area contributed by atoms with E-state index >= 15 is 4.39 Å². The highest BCUT2D eigenvalue weighted by atomic mass is 35.5. The minimum Gasteiger partial charge on any atom is -0.481 e. The van der Waals surface area contributed by atoms with Crippen LogP contribution in [-0.2, 0) is 15.1 Å². The molecule has 1 spiro atoms. The van der Waals surface area contributed by atoms with Crippen molar-refractivity contribution in [1.82, 2.24) is 9.80 Å². The Hall–Kier alpha value is -2.19. The van der Waals surface area contributed by atoms with E-state index in [2.05, 4.69) is 15.1 Å². The molecule has 4 fully saturated rings. The Kier molecular flexibility index (Phi) is 5.43. The first-order valence-electron chi connectivity index (χ1n) is 13.1. The number of hydrogen-bond donors (Lipinski definition) is 2. The molecule has 37 heavy (non-hydrogen) atoms. The zero-order chi connectivity index (χ0) is 25.6. The Bertz CT molecular complexity index is 1320. The monoisotopic (exact) mass is 543 g/mol. The Morgan fingerprint density at radius 2 is 1.97 bits per heavy atom. The molecule has 2 aliphatic carbocycles. The molecule has 2 saturated carbocycles. The molecule has 3 aliphatic heterocycles. The van der Waals surface area contributed by atoms with Crippen LogP contribution in [0.4, 0.5) is 10.1 Å². The maximum atomic E-state index is 15.9. The van der Waals surface area contributed by atoms with Crippen molar-refractivity contribution in [3.8, 4) is 0 Å². The van der Waals surface area contributed by atoms with Crippen LogP contribution in [0.3, 0.4) is 0 Å². The van der Waals surface area contributed by atoms with Crippen LogP contribution < -0.4 is 5.32 Å². The minimum absolute atomic E-state index is 0.0391. The number of fused-ring (bicyclic) bond motifs is 3. The lowest BCUT2D eigenvalue weighted by molar-refractivity contribution is -0.138. The summed E-state index contributed by atoms with van der Waals surface area (Å²) in [6.07, 6.45) is 3.76. The number of hydrogen-bond acceptors (Lipinski definition) is 4. The number of anilines is 1. The number of nitrogens with zero attached hydrogens (tertiary/aromatic N) is 2. The van der Waals surface area contributed by atoms with Gasteiger partial charge in [-0.2, -0.15) is 0 Å². The van der Waals surface area contributed by atoms with Gasteiger partial charge in [-0.05, 0) is 61.3 Å². The molecule has 5 aliphatic rings. The van der Waals surface area contributed by atoms with E-state index in [1.54, 1.807) is 24.3 Å². The molecule has 0 radical (unpaired) electrons. The zero-order valence-electron chi connectivity index (χ0n) is 20.2. The third-order valence-electron chi connectivity index (χ3n) is 9.34. The molecule has 0 aromatic heterocycles. The van der Waals surface area contributed by atoms with E-state index in [1.165, 1.54) is 6.07 Å². The summed E-state index contributed by atoms with van der Waals surface area (Å²) in [5.74, 6) is -1.64. The van der Waals surface area contributed by atoms with Crippen LogP contribution in [0.25, 0.3) is 0 Å². The van der Waals surface area contributed by atoms with Crippen LogP contribution in [0.2, 0.25) is 10.0 Å². The smallest absolute Gasteiger partial charge is 0.306 e. The number of carbonyl (C=O) groups is 2. The first-order valence-corrected chi connectivity index (χ1v) is 13.8. The van der Waals surface area contributed by atoms with Crippen LogP contribution in [0, 0.1) is 23.6 Å². The lowest BCUT2D eigenvalue weighted by atomic mass is 9.73. The maximum Gasteiger partial charge on any atom is 0.306 e. The summed E-state index contributed by atoms with van der Waals surface area (Å²) in [7, 11) is 0. The predicted octanol–water partition coefficient (Wildman–Crippen LogP) is 4.95. The topological polar surface area (TPSA) is 72.9 Å². The average molecular weight is 544 g/mol. The fourth-order valence-electron chi connectivity index (χ4n) is 7.50. The van der Waals surface area contributed by atoms with Gasteiger partial charge in [-0.25, -0.2) is 4.39 Å². The van der Waals surface area contributed by atoms with E-state index in [0.717, 1.165) is 37.9 Å². The molecule has 2 N–H and O–H groups in total. The molecule has 6 nitrogen and oxygen atoms in total. The lowest BCUT2D eigenvalue weighted by Gasteiger charge is -2.41. The Balaban J connectivity index is 1.41. The molecule has 9 heteroatoms. The summed E-state index contributed by atoms with van der Waals surface area (Å²) in [6, 6.07) is 10.4. The lowest BCUT2D eigenvalue weighted by Crippen LogP contribution is -2.53. The average Bonchev–Trinajstić information content (AvgIpc) is 3.74. The van der Waals surface area contributed by atoms with E-state index in [9.17, 15) is 14.7 Å². The summed E-state index contributed by atoms with van der Waals surface area (Å²) < 4.78 is 15.9. The van der Waals surface area contributed by atoms with Gasteiger partial charge >= 0.3 is 5.97 Å². The number of halogens is 3. The van der Waals surface area contributed by atoms with Gasteiger partial charge in [0.2, 0.25) is 5.91 Å². The SMILES string of the molecule is O=C(O)C1CC1CN1CC[C@H]2[C@@H]1[C@H](c1cccc(Cl)c1F)[C@]1(C(=O)Nc3cc(Cl)ccc31)N2CC1CC1. The number of benzene rings is 2. The van der Waals surface area contributed by atoms with Crippen LogP contribution in [0.1, 0.15) is 42.7 Å². The van der Waals surface area contributed by atoms with Crippen molar-refractivity contribution >= 4 is 40.8 Å². The first kappa shape index (κ1) is 23.9. The second kappa shape index (κ2) is 8.40. The highest BCUT2D eigenvalue weighted by molar-refractivity contribution is 6.31. The van der Waals surface area contributed by atoms with Crippen molar-refractivity contribution in [1.29, 1.82) is 0 Å². The van der Waals surface area contributed by atoms with Crippen molar-refractivity contribution in [2.75, 3.05) is 25.0 Å². The molecular formula is C28H28Cl2FN3O3. The number of aliphatic carboxylic acids is 1. The molecule has 3 heterocycles. The molecule has 2 saturated heterocycles. The third-order valence-corrected chi connectivity index (χ3v) is 9.86. The number of likely N-dealkylation sites (tertiary alicyclic amines) is 2. The summed E-state index contributed by atoms with van der Waals surface area (Å²) in [6.45, 7) is 2.20. The Labute approximate surface area is 224 Å². The molecule has 2 aromatic rings. The summed E-state index contributed by atoms with van der Waals surface area (Å²) in [5.41, 5.74) is 0.843. The van der Waals surface area contributed by atoms with Crippen molar-refractivity contribution in [3.05, 3.63) is 63.4 Å². The van der Waals surface area contributed by atoms with Gasteiger partial charge in [0.15, 0.2) is 0 Å². The quantitative estimate of drug-likeness (QED) is 0.539. The van der Waals surface area contributed by atoms with E-state index in [1.807, 2.05) is 6.07 Å². The number of carboxylic acid groups (broad SMARTS) is 1. The van der Waals surface area contributed by atoms with Crippen LogP contribution in [-0.4, -0.2) is 58.5 Å². The number of amides is 1. The molecule has 2 unspecified atom stereocenters. The summed E-state index contributed by atoms with van der Waals surface area (Å²) in [4.78, 5) is 30.5. The van der Waals surface area contributed by atoms with Crippen molar-refractivity contribution in [2.24, 2.45) is 17.8 Å². The first-order chi connectivity index (χ1) is 17.8. The highest BCUT2D eigenvalue weighted by Crippen LogP contribution is 2.61. The maximum absolute atomic E-state index is 15.9. The fraction of sp³-hybridized carbons (Fsp3) is 0.500. The standard InChI is InChI=1S/C28H28Cl2FN3O3/c29-16-6-7-19-21(11-16)32-27(37)28(19)23(17-2-1-3-20(30)24(17)31)25-22(34(28)12-14-4-5-14)8-9-33(25)13-15-10-18(15)26(35)36/h1-3,6-7,11,14-15,18,22-23,25H,4-5,8-10,12-13H2,(H,32,37)(H,35,36)/t15?,18?,22-,23-,25+,28+/m0/s1. The van der Waals surface area contributed by atoms with Crippen LogP contribution in [0.15, 0.2) is 36.4 Å². The van der Waals surface area contributed by atoms with Gasteiger partial charge in [0.05, 0.1) is 10.9 Å². The van der Waals surface area contributed by atoms with Gasteiger partial charge in [0.1, 0.15) is 11.4 Å². The summed E-state index contributed by atoms with van der Waals surface area (Å²) in [5, 5.41) is 13.2. The van der Waals surface area contributed by atoms with Gasteiger partial charge < -0.3 is 10.4 Å². The Morgan fingerprint density at radius 3 is 2.70 bits per heavy atom. The van der Waals surface area contributed by atoms with Crippen molar-refractivity contribution in [3.63, 3.8) is 0 Å². The second-order valence-electron chi connectivity index (χ2n) is 11.4. The molecule has 0 bridgehead atoms. The van der Waals surface area contributed by atoms with Crippen LogP contribution in [0.5, 0.6) is 0 Å². The number of nitrogens with one attached hydrogen (secondary N) is 1. The second-order valence-corrected chi connectivity index (χ2v) is 12.3. The predicted molar refractivity (Wildman–Crippen MR) is 138 cm³/mol. The molecular weight excluding hydrogens is 516 g/mol. The Morgan fingerprint density at radius 1 is 1.16 bits per heavy atom.